The van der Waals surface area contributed by atoms with Crippen molar-refractivity contribution in [2.75, 3.05) is 5.32 Å². The van der Waals surface area contributed by atoms with E-state index in [2.05, 4.69) is 37.2 Å². The molecule has 0 aliphatic rings. The van der Waals surface area contributed by atoms with E-state index in [-0.39, 0.29) is 6.04 Å². The molecule has 3 aromatic heterocycles. The number of aryl methyl sites for hydroxylation is 1. The number of fused-ring (bicyclic) bond motifs is 1. The molecule has 6 nitrogen and oxygen atoms in total. The second kappa shape index (κ2) is 5.78. The fourth-order valence-electron chi connectivity index (χ4n) is 2.21. The van der Waals surface area contributed by atoms with E-state index in [0.29, 0.717) is 11.5 Å². The molecule has 1 atom stereocenters. The Hall–Kier alpha value is -2.63. The highest BCUT2D eigenvalue weighted by molar-refractivity contribution is 5.86. The van der Waals surface area contributed by atoms with Crippen LogP contribution in [0.2, 0.25) is 0 Å². The predicted molar refractivity (Wildman–Crippen MR) is 80.9 cm³/mol. The molecular weight excluding hydrogens is 264 g/mol. The zero-order valence-corrected chi connectivity index (χ0v) is 12.0. The summed E-state index contributed by atoms with van der Waals surface area (Å²) in [5, 5.41) is 4.34. The third-order valence-corrected chi connectivity index (χ3v) is 3.10. The summed E-state index contributed by atoms with van der Waals surface area (Å²) in [7, 11) is 0. The second-order valence-electron chi connectivity index (χ2n) is 4.94. The molecule has 6 heteroatoms. The Balaban J connectivity index is 1.84. The minimum atomic E-state index is 0.180. The van der Waals surface area contributed by atoms with Crippen LogP contribution in [0.4, 0.5) is 5.82 Å². The molecule has 3 heterocycles. The number of nitrogens with zero attached hydrogens (tertiary/aromatic N) is 5. The minimum Gasteiger partial charge on any atom is -0.367 e. The van der Waals surface area contributed by atoms with E-state index in [1.807, 2.05) is 19.1 Å². The van der Waals surface area contributed by atoms with Gasteiger partial charge in [0.25, 0.3) is 0 Å². The third-order valence-electron chi connectivity index (χ3n) is 3.10. The molecule has 0 aliphatic heterocycles. The molecule has 1 N–H and O–H groups in total. The molecule has 21 heavy (non-hydrogen) atoms. The smallest absolute Gasteiger partial charge is 0.164 e. The highest BCUT2D eigenvalue weighted by atomic mass is 15.1. The number of hydrogen-bond donors (Lipinski definition) is 1. The lowest BCUT2D eigenvalue weighted by atomic mass is 10.2. The minimum absolute atomic E-state index is 0.180. The monoisotopic (exact) mass is 280 g/mol. The number of aromatic nitrogens is 5. The van der Waals surface area contributed by atoms with Gasteiger partial charge < -0.3 is 5.32 Å². The van der Waals surface area contributed by atoms with Crippen molar-refractivity contribution in [2.45, 2.75) is 26.3 Å². The number of hydrogen-bond acceptors (Lipinski definition) is 6. The predicted octanol–water partition coefficient (Wildman–Crippen LogP) is 2.17. The van der Waals surface area contributed by atoms with Gasteiger partial charge in [-0.15, -0.1) is 0 Å². The Morgan fingerprint density at radius 2 is 2.05 bits per heavy atom. The van der Waals surface area contributed by atoms with E-state index < -0.39 is 0 Å². The van der Waals surface area contributed by atoms with Crippen molar-refractivity contribution in [3.63, 3.8) is 0 Å². The van der Waals surface area contributed by atoms with Crippen molar-refractivity contribution in [1.82, 2.24) is 24.9 Å². The SMILES string of the molecule is Cc1nc(N[C@H](C)Cc2cnccn2)c2cccnc2n1. The molecule has 3 aromatic rings. The van der Waals surface area contributed by atoms with E-state index in [1.54, 1.807) is 24.8 Å². The summed E-state index contributed by atoms with van der Waals surface area (Å²) in [6, 6.07) is 4.04. The summed E-state index contributed by atoms with van der Waals surface area (Å²) in [5.74, 6) is 1.51. The summed E-state index contributed by atoms with van der Waals surface area (Å²) in [5.41, 5.74) is 1.66. The average Bonchev–Trinajstić information content (AvgIpc) is 2.48. The lowest BCUT2D eigenvalue weighted by Crippen LogP contribution is -2.20. The first-order valence-corrected chi connectivity index (χ1v) is 6.83. The number of pyridine rings is 1. The Morgan fingerprint density at radius 3 is 2.86 bits per heavy atom. The molecule has 0 spiro atoms. The van der Waals surface area contributed by atoms with Gasteiger partial charge in [-0.25, -0.2) is 15.0 Å². The molecule has 0 radical (unpaired) electrons. The van der Waals surface area contributed by atoms with Gasteiger partial charge in [0.15, 0.2) is 5.65 Å². The Labute approximate surface area is 122 Å². The summed E-state index contributed by atoms with van der Waals surface area (Å²) < 4.78 is 0. The Morgan fingerprint density at radius 1 is 1.14 bits per heavy atom. The third kappa shape index (κ3) is 3.10. The summed E-state index contributed by atoms with van der Waals surface area (Å²) in [6.45, 7) is 3.96. The molecular formula is C15H16N6. The van der Waals surface area contributed by atoms with Crippen molar-refractivity contribution >= 4 is 16.9 Å². The first-order valence-electron chi connectivity index (χ1n) is 6.83. The zero-order chi connectivity index (χ0) is 14.7. The largest absolute Gasteiger partial charge is 0.367 e. The van der Waals surface area contributed by atoms with Crippen molar-refractivity contribution in [1.29, 1.82) is 0 Å². The van der Waals surface area contributed by atoms with Gasteiger partial charge >= 0.3 is 0 Å². The topological polar surface area (TPSA) is 76.5 Å². The fraction of sp³-hybridized carbons (Fsp3) is 0.267. The lowest BCUT2D eigenvalue weighted by Gasteiger charge is -2.15. The molecule has 3 rings (SSSR count). The van der Waals surface area contributed by atoms with Crippen LogP contribution in [0.1, 0.15) is 18.4 Å². The summed E-state index contributed by atoms with van der Waals surface area (Å²) >= 11 is 0. The second-order valence-corrected chi connectivity index (χ2v) is 4.94. The van der Waals surface area contributed by atoms with Gasteiger partial charge in [-0.1, -0.05) is 0 Å². The van der Waals surface area contributed by atoms with Crippen molar-refractivity contribution < 1.29 is 0 Å². The molecule has 0 fully saturated rings. The molecule has 0 saturated carbocycles. The van der Waals surface area contributed by atoms with Gasteiger partial charge in [0.05, 0.1) is 11.1 Å². The van der Waals surface area contributed by atoms with E-state index in [0.717, 1.165) is 23.3 Å². The van der Waals surface area contributed by atoms with Crippen LogP contribution in [0.25, 0.3) is 11.0 Å². The van der Waals surface area contributed by atoms with Crippen LogP contribution in [-0.2, 0) is 6.42 Å². The molecule has 0 unspecified atom stereocenters. The van der Waals surface area contributed by atoms with Gasteiger partial charge in [-0.3, -0.25) is 9.97 Å². The molecule has 106 valence electrons. The van der Waals surface area contributed by atoms with Gasteiger partial charge in [0.2, 0.25) is 0 Å². The lowest BCUT2D eigenvalue weighted by molar-refractivity contribution is 0.760. The van der Waals surface area contributed by atoms with Crippen molar-refractivity contribution in [3.8, 4) is 0 Å². The first kappa shape index (κ1) is 13.4. The fourth-order valence-corrected chi connectivity index (χ4v) is 2.21. The van der Waals surface area contributed by atoms with Crippen LogP contribution in [0.15, 0.2) is 36.9 Å². The zero-order valence-electron chi connectivity index (χ0n) is 12.0. The van der Waals surface area contributed by atoms with Gasteiger partial charge in [-0.2, -0.15) is 0 Å². The van der Waals surface area contributed by atoms with E-state index in [9.17, 15) is 0 Å². The van der Waals surface area contributed by atoms with E-state index >= 15 is 0 Å². The highest BCUT2D eigenvalue weighted by Crippen LogP contribution is 2.19. The Kier molecular flexibility index (Phi) is 3.68. The average molecular weight is 280 g/mol. The highest BCUT2D eigenvalue weighted by Gasteiger charge is 2.10. The maximum atomic E-state index is 4.48. The molecule has 0 bridgehead atoms. The number of nitrogens with one attached hydrogen (secondary N) is 1. The standard InChI is InChI=1S/C15H16N6/c1-10(8-12-9-16-6-7-17-12)19-15-13-4-3-5-18-14(13)20-11(2)21-15/h3-7,9-10H,8H2,1-2H3,(H,18,19,20,21)/t10-/m1/s1. The number of anilines is 1. The van der Waals surface area contributed by atoms with Gasteiger partial charge in [-0.05, 0) is 26.0 Å². The first-order chi connectivity index (χ1) is 10.2. The normalized spacial score (nSPS) is 12.3. The molecule has 0 aliphatic carbocycles. The van der Waals surface area contributed by atoms with Crippen LogP contribution < -0.4 is 5.32 Å². The summed E-state index contributed by atoms with van der Waals surface area (Å²) in [4.78, 5) is 21.5. The van der Waals surface area contributed by atoms with E-state index in [1.165, 1.54) is 0 Å². The van der Waals surface area contributed by atoms with E-state index in [4.69, 9.17) is 0 Å². The van der Waals surface area contributed by atoms with Gasteiger partial charge in [0.1, 0.15) is 11.6 Å². The van der Waals surface area contributed by atoms with Crippen LogP contribution in [0.3, 0.4) is 0 Å². The molecule has 0 aromatic carbocycles. The summed E-state index contributed by atoms with van der Waals surface area (Å²) in [6.07, 6.45) is 7.67. The van der Waals surface area contributed by atoms with Crippen LogP contribution in [0, 0.1) is 6.92 Å². The molecule has 0 saturated heterocycles. The van der Waals surface area contributed by atoms with Crippen LogP contribution in [-0.4, -0.2) is 31.0 Å². The van der Waals surface area contributed by atoms with Crippen molar-refractivity contribution in [3.05, 3.63) is 48.4 Å². The number of rotatable bonds is 4. The van der Waals surface area contributed by atoms with Crippen molar-refractivity contribution in [2.24, 2.45) is 0 Å². The van der Waals surface area contributed by atoms with Crippen LogP contribution >= 0.6 is 0 Å². The Bertz CT molecular complexity index is 743. The van der Waals surface area contributed by atoms with Crippen LogP contribution in [0.5, 0.6) is 0 Å². The maximum absolute atomic E-state index is 4.48. The van der Waals surface area contributed by atoms with Gasteiger partial charge in [0, 0.05) is 37.3 Å². The quantitative estimate of drug-likeness (QED) is 0.789. The maximum Gasteiger partial charge on any atom is 0.164 e. The molecule has 0 amide bonds.